The van der Waals surface area contributed by atoms with Crippen LogP contribution in [0.15, 0.2) is 24.3 Å². The van der Waals surface area contributed by atoms with Crippen molar-refractivity contribution >= 4 is 17.5 Å². The quantitative estimate of drug-likeness (QED) is 0.784. The van der Waals surface area contributed by atoms with Gasteiger partial charge in [0.15, 0.2) is 0 Å². The van der Waals surface area contributed by atoms with Crippen molar-refractivity contribution < 1.29 is 9.53 Å². The summed E-state index contributed by atoms with van der Waals surface area (Å²) >= 11 is 6.22. The normalized spacial score (nSPS) is 19.1. The number of piperidine rings is 1. The number of hydrogen-bond donors (Lipinski definition) is 1. The lowest BCUT2D eigenvalue weighted by Gasteiger charge is -2.32. The highest BCUT2D eigenvalue weighted by atomic mass is 35.5. The monoisotopic (exact) mass is 324 g/mol. The number of rotatable bonds is 7. The molecule has 0 aliphatic carbocycles. The van der Waals surface area contributed by atoms with Gasteiger partial charge < -0.3 is 10.1 Å². The minimum Gasteiger partial charge on any atom is -0.385 e. The second-order valence-electron chi connectivity index (χ2n) is 5.80. The number of nitrogens with zero attached hydrogens (tertiary/aromatic N) is 1. The third kappa shape index (κ3) is 5.27. The highest BCUT2D eigenvalue weighted by molar-refractivity contribution is 6.31. The zero-order chi connectivity index (χ0) is 15.8. The molecule has 1 unspecified atom stereocenters. The van der Waals surface area contributed by atoms with Crippen LogP contribution in [0.2, 0.25) is 5.02 Å². The Bertz CT molecular complexity index is 481. The molecule has 0 radical (unpaired) electrons. The Kier molecular flexibility index (Phi) is 7.16. The van der Waals surface area contributed by atoms with E-state index in [4.69, 9.17) is 16.3 Å². The topological polar surface area (TPSA) is 41.6 Å². The average molecular weight is 325 g/mol. The van der Waals surface area contributed by atoms with E-state index in [0.717, 1.165) is 49.5 Å². The number of carbonyl (C=O) groups excluding carboxylic acids is 1. The van der Waals surface area contributed by atoms with Gasteiger partial charge >= 0.3 is 0 Å². The molecule has 0 aromatic heterocycles. The first-order valence-corrected chi connectivity index (χ1v) is 8.31. The van der Waals surface area contributed by atoms with Crippen LogP contribution in [0.3, 0.4) is 0 Å². The van der Waals surface area contributed by atoms with Crippen LogP contribution in [0, 0.1) is 5.92 Å². The summed E-state index contributed by atoms with van der Waals surface area (Å²) < 4.78 is 4.99. The Labute approximate surface area is 137 Å². The van der Waals surface area contributed by atoms with Crippen molar-refractivity contribution in [2.45, 2.75) is 25.8 Å². The van der Waals surface area contributed by atoms with Crippen molar-refractivity contribution in [3.8, 4) is 0 Å². The minimum absolute atomic E-state index is 0.0822. The summed E-state index contributed by atoms with van der Waals surface area (Å²) in [4.78, 5) is 14.5. The summed E-state index contributed by atoms with van der Waals surface area (Å²) in [5.41, 5.74) is 1.13. The fraction of sp³-hybridized carbons (Fsp3) is 0.588. The van der Waals surface area contributed by atoms with Crippen molar-refractivity contribution in [1.82, 2.24) is 10.2 Å². The van der Waals surface area contributed by atoms with E-state index >= 15 is 0 Å². The fourth-order valence-electron chi connectivity index (χ4n) is 2.85. The van der Waals surface area contributed by atoms with Crippen LogP contribution in [-0.4, -0.2) is 44.2 Å². The van der Waals surface area contributed by atoms with Gasteiger partial charge in [-0.1, -0.05) is 29.8 Å². The summed E-state index contributed by atoms with van der Waals surface area (Å²) in [7, 11) is 1.68. The SMILES string of the molecule is COCCCNC(=O)C1CCCN(Cc2ccccc2Cl)C1. The maximum Gasteiger partial charge on any atom is 0.224 e. The summed E-state index contributed by atoms with van der Waals surface area (Å²) in [6.45, 7) is 4.02. The minimum atomic E-state index is 0.0822. The molecule has 122 valence electrons. The van der Waals surface area contributed by atoms with E-state index in [0.29, 0.717) is 13.2 Å². The highest BCUT2D eigenvalue weighted by Crippen LogP contribution is 2.22. The van der Waals surface area contributed by atoms with E-state index in [1.165, 1.54) is 0 Å². The van der Waals surface area contributed by atoms with Gasteiger partial charge in [-0.05, 0) is 37.4 Å². The number of amides is 1. The smallest absolute Gasteiger partial charge is 0.224 e. The van der Waals surface area contributed by atoms with E-state index in [-0.39, 0.29) is 11.8 Å². The van der Waals surface area contributed by atoms with Gasteiger partial charge in [0.2, 0.25) is 5.91 Å². The zero-order valence-electron chi connectivity index (χ0n) is 13.2. The van der Waals surface area contributed by atoms with E-state index in [1.807, 2.05) is 18.2 Å². The molecular formula is C17H25ClN2O2. The molecule has 0 spiro atoms. The number of likely N-dealkylation sites (tertiary alicyclic amines) is 1. The molecule has 0 saturated carbocycles. The lowest BCUT2D eigenvalue weighted by atomic mass is 9.96. The van der Waals surface area contributed by atoms with Gasteiger partial charge in [0.25, 0.3) is 0 Å². The van der Waals surface area contributed by atoms with Gasteiger partial charge in [-0.2, -0.15) is 0 Å². The lowest BCUT2D eigenvalue weighted by molar-refractivity contribution is -0.126. The largest absolute Gasteiger partial charge is 0.385 e. The molecule has 1 heterocycles. The Balaban J connectivity index is 1.81. The maximum absolute atomic E-state index is 12.2. The van der Waals surface area contributed by atoms with Crippen LogP contribution in [0.25, 0.3) is 0 Å². The fourth-order valence-corrected chi connectivity index (χ4v) is 3.05. The molecule has 1 N–H and O–H groups in total. The molecule has 1 amide bonds. The molecule has 2 rings (SSSR count). The number of ether oxygens (including phenoxy) is 1. The number of benzene rings is 1. The van der Waals surface area contributed by atoms with E-state index < -0.39 is 0 Å². The Morgan fingerprint density at radius 1 is 1.45 bits per heavy atom. The lowest BCUT2D eigenvalue weighted by Crippen LogP contribution is -2.43. The Morgan fingerprint density at radius 3 is 3.05 bits per heavy atom. The van der Waals surface area contributed by atoms with Crippen LogP contribution in [0.5, 0.6) is 0 Å². The first-order valence-electron chi connectivity index (χ1n) is 7.93. The number of halogens is 1. The third-order valence-electron chi connectivity index (χ3n) is 4.05. The van der Waals surface area contributed by atoms with Crippen LogP contribution < -0.4 is 5.32 Å². The van der Waals surface area contributed by atoms with Crippen molar-refractivity contribution in [3.63, 3.8) is 0 Å². The Morgan fingerprint density at radius 2 is 2.27 bits per heavy atom. The maximum atomic E-state index is 12.2. The Hall–Kier alpha value is -1.10. The van der Waals surface area contributed by atoms with Crippen LogP contribution in [0.4, 0.5) is 0 Å². The molecule has 1 aliphatic heterocycles. The molecule has 1 aromatic carbocycles. The van der Waals surface area contributed by atoms with E-state index in [1.54, 1.807) is 7.11 Å². The molecule has 22 heavy (non-hydrogen) atoms. The first kappa shape index (κ1) is 17.3. The van der Waals surface area contributed by atoms with Gasteiger partial charge in [-0.3, -0.25) is 9.69 Å². The first-order chi connectivity index (χ1) is 10.7. The predicted molar refractivity (Wildman–Crippen MR) is 89.0 cm³/mol. The van der Waals surface area contributed by atoms with Crippen LogP contribution in [0.1, 0.15) is 24.8 Å². The number of carbonyl (C=O) groups is 1. The number of nitrogens with one attached hydrogen (secondary N) is 1. The molecule has 0 bridgehead atoms. The van der Waals surface area contributed by atoms with Crippen molar-refractivity contribution in [2.24, 2.45) is 5.92 Å². The van der Waals surface area contributed by atoms with Crippen molar-refractivity contribution in [3.05, 3.63) is 34.9 Å². The standard InChI is InChI=1S/C17H25ClN2O2/c1-22-11-5-9-19-17(21)15-7-4-10-20(13-15)12-14-6-2-3-8-16(14)18/h2-3,6,8,15H,4-5,7,9-13H2,1H3,(H,19,21). The second kappa shape index (κ2) is 9.13. The molecule has 1 aromatic rings. The van der Waals surface area contributed by atoms with Gasteiger partial charge in [0.1, 0.15) is 0 Å². The summed E-state index contributed by atoms with van der Waals surface area (Å²) in [6.07, 6.45) is 2.88. The summed E-state index contributed by atoms with van der Waals surface area (Å²) in [5.74, 6) is 0.249. The molecule has 4 nitrogen and oxygen atoms in total. The van der Waals surface area contributed by atoms with Crippen LogP contribution >= 0.6 is 11.6 Å². The van der Waals surface area contributed by atoms with E-state index in [9.17, 15) is 4.79 Å². The average Bonchev–Trinajstić information content (AvgIpc) is 2.54. The number of methoxy groups -OCH3 is 1. The molecule has 1 atom stereocenters. The predicted octanol–water partition coefficient (Wildman–Crippen LogP) is 2.70. The van der Waals surface area contributed by atoms with Crippen LogP contribution in [-0.2, 0) is 16.1 Å². The van der Waals surface area contributed by atoms with E-state index in [2.05, 4.69) is 16.3 Å². The molecule has 1 aliphatic rings. The summed E-state index contributed by atoms with van der Waals surface area (Å²) in [6, 6.07) is 7.92. The molecule has 1 fully saturated rings. The summed E-state index contributed by atoms with van der Waals surface area (Å²) in [5, 5.41) is 3.81. The van der Waals surface area contributed by atoms with Gasteiger partial charge in [-0.15, -0.1) is 0 Å². The molecule has 5 heteroatoms. The number of hydrogen-bond acceptors (Lipinski definition) is 3. The third-order valence-corrected chi connectivity index (χ3v) is 4.42. The van der Waals surface area contributed by atoms with Gasteiger partial charge in [0.05, 0.1) is 5.92 Å². The zero-order valence-corrected chi connectivity index (χ0v) is 13.9. The van der Waals surface area contributed by atoms with Gasteiger partial charge in [-0.25, -0.2) is 0 Å². The molecular weight excluding hydrogens is 300 g/mol. The highest BCUT2D eigenvalue weighted by Gasteiger charge is 2.25. The second-order valence-corrected chi connectivity index (χ2v) is 6.21. The van der Waals surface area contributed by atoms with Crippen molar-refractivity contribution in [1.29, 1.82) is 0 Å². The van der Waals surface area contributed by atoms with Crippen molar-refractivity contribution in [2.75, 3.05) is 33.4 Å². The molecule has 1 saturated heterocycles. The van der Waals surface area contributed by atoms with Gasteiger partial charge in [0, 0.05) is 38.4 Å².